The first kappa shape index (κ1) is 28.1. The van der Waals surface area contributed by atoms with E-state index >= 15 is 0 Å². The van der Waals surface area contributed by atoms with Crippen LogP contribution in [-0.4, -0.2) is 43.3 Å². The minimum absolute atomic E-state index is 0.212. The van der Waals surface area contributed by atoms with E-state index in [1.807, 2.05) is 0 Å². The lowest BCUT2D eigenvalue weighted by molar-refractivity contribution is -0.142. The summed E-state index contributed by atoms with van der Waals surface area (Å²) >= 11 is 0. The summed E-state index contributed by atoms with van der Waals surface area (Å²) < 4.78 is 31.4. The molecule has 9 heteroatoms. The van der Waals surface area contributed by atoms with Crippen molar-refractivity contribution in [3.05, 3.63) is 0 Å². The van der Waals surface area contributed by atoms with E-state index in [0.717, 1.165) is 64.2 Å². The molecule has 8 nitrogen and oxygen atoms in total. The number of rotatable bonds is 20. The molecule has 172 valence electrons. The van der Waals surface area contributed by atoms with Gasteiger partial charge in [-0.25, -0.2) is 4.57 Å². The molecule has 0 amide bonds. The number of carbonyl (C=O) groups excluding carboxylic acids is 2. The van der Waals surface area contributed by atoms with Gasteiger partial charge < -0.3 is 14.4 Å². The molecule has 0 unspecified atom stereocenters. The lowest BCUT2D eigenvalue weighted by Gasteiger charge is -2.12. The van der Waals surface area contributed by atoms with E-state index in [1.165, 1.54) is 13.8 Å². The molecular formula is C20H39O8P. The van der Waals surface area contributed by atoms with Gasteiger partial charge in [-0.15, -0.1) is 0 Å². The van der Waals surface area contributed by atoms with Gasteiger partial charge in [0.1, 0.15) is 0 Å². The van der Waals surface area contributed by atoms with E-state index in [-0.39, 0.29) is 25.2 Å². The number of esters is 2. The summed E-state index contributed by atoms with van der Waals surface area (Å²) in [6.45, 7) is 4.18. The van der Waals surface area contributed by atoms with Gasteiger partial charge in [0, 0.05) is 13.8 Å². The molecule has 29 heavy (non-hydrogen) atoms. The number of phosphoric ester groups is 1. The maximum Gasteiger partial charge on any atom is 0.472 e. The number of phosphoric acid groups is 1. The Morgan fingerprint density at radius 2 is 0.862 bits per heavy atom. The standard InChI is InChI=1S/C20H39O8P/c1-19(21)25-15-11-7-3-5-9-13-17-27-29(23,24)28-18-14-10-6-4-8-12-16-26-20(2)22/h3-18H2,1-2H3,(H,23,24). The van der Waals surface area contributed by atoms with Gasteiger partial charge >= 0.3 is 19.8 Å². The smallest absolute Gasteiger partial charge is 0.466 e. The van der Waals surface area contributed by atoms with Crippen molar-refractivity contribution in [3.63, 3.8) is 0 Å². The van der Waals surface area contributed by atoms with Crippen molar-refractivity contribution >= 4 is 19.8 Å². The Morgan fingerprint density at radius 1 is 0.586 bits per heavy atom. The lowest BCUT2D eigenvalue weighted by atomic mass is 10.1. The summed E-state index contributed by atoms with van der Waals surface area (Å²) in [7, 11) is -3.95. The van der Waals surface area contributed by atoms with Crippen LogP contribution in [0.25, 0.3) is 0 Å². The summed E-state index contributed by atoms with van der Waals surface area (Å²) in [6.07, 6.45) is 11.1. The Labute approximate surface area is 175 Å². The van der Waals surface area contributed by atoms with Crippen LogP contribution in [-0.2, 0) is 32.7 Å². The summed E-state index contributed by atoms with van der Waals surface area (Å²) in [6, 6.07) is 0. The fraction of sp³-hybridized carbons (Fsp3) is 0.900. The minimum Gasteiger partial charge on any atom is -0.466 e. The molecule has 0 aliphatic heterocycles. The molecule has 0 heterocycles. The molecule has 0 aromatic heterocycles. The average Bonchev–Trinajstić information content (AvgIpc) is 2.64. The fourth-order valence-corrected chi connectivity index (χ4v) is 3.45. The maximum absolute atomic E-state index is 11.8. The van der Waals surface area contributed by atoms with E-state index in [0.29, 0.717) is 26.1 Å². The van der Waals surface area contributed by atoms with E-state index in [2.05, 4.69) is 0 Å². The molecular weight excluding hydrogens is 399 g/mol. The van der Waals surface area contributed by atoms with Gasteiger partial charge in [0.05, 0.1) is 26.4 Å². The third-order valence-electron chi connectivity index (χ3n) is 4.20. The summed E-state index contributed by atoms with van der Waals surface area (Å²) in [4.78, 5) is 30.8. The molecule has 0 atom stereocenters. The highest BCUT2D eigenvalue weighted by molar-refractivity contribution is 7.47. The Morgan fingerprint density at radius 3 is 1.17 bits per heavy atom. The van der Waals surface area contributed by atoms with Crippen molar-refractivity contribution in [1.82, 2.24) is 0 Å². The highest BCUT2D eigenvalue weighted by atomic mass is 31.2. The molecule has 0 radical (unpaired) electrons. The fourth-order valence-electron chi connectivity index (χ4n) is 2.65. The summed E-state index contributed by atoms with van der Waals surface area (Å²) in [5.74, 6) is -0.489. The maximum atomic E-state index is 11.8. The first-order valence-corrected chi connectivity index (χ1v) is 12.2. The van der Waals surface area contributed by atoms with E-state index in [1.54, 1.807) is 0 Å². The molecule has 0 aromatic carbocycles. The van der Waals surface area contributed by atoms with Crippen molar-refractivity contribution in [3.8, 4) is 0 Å². The van der Waals surface area contributed by atoms with E-state index in [9.17, 15) is 19.0 Å². The predicted octanol–water partition coefficient (Wildman–Crippen LogP) is 4.93. The summed E-state index contributed by atoms with van der Waals surface area (Å²) in [5, 5.41) is 0. The molecule has 0 spiro atoms. The van der Waals surface area contributed by atoms with Gasteiger partial charge in [0.25, 0.3) is 0 Å². The Kier molecular flexibility index (Phi) is 18.4. The van der Waals surface area contributed by atoms with E-state index in [4.69, 9.17) is 18.5 Å². The third-order valence-corrected chi connectivity index (χ3v) is 5.21. The van der Waals surface area contributed by atoms with Crippen LogP contribution >= 0.6 is 7.82 Å². The summed E-state index contributed by atoms with van der Waals surface area (Å²) in [5.41, 5.74) is 0. The van der Waals surface area contributed by atoms with Gasteiger partial charge in [-0.1, -0.05) is 51.4 Å². The first-order valence-electron chi connectivity index (χ1n) is 10.7. The van der Waals surface area contributed by atoms with Crippen molar-refractivity contribution in [2.45, 2.75) is 90.9 Å². The monoisotopic (exact) mass is 438 g/mol. The molecule has 0 aromatic rings. The topological polar surface area (TPSA) is 108 Å². The van der Waals surface area contributed by atoms with Crippen molar-refractivity contribution in [2.75, 3.05) is 26.4 Å². The largest absolute Gasteiger partial charge is 0.472 e. The van der Waals surface area contributed by atoms with Crippen LogP contribution in [0, 0.1) is 0 Å². The molecule has 0 saturated heterocycles. The van der Waals surface area contributed by atoms with Crippen molar-refractivity contribution < 1.29 is 37.6 Å². The van der Waals surface area contributed by atoms with Gasteiger partial charge in [0.2, 0.25) is 0 Å². The number of hydrogen-bond acceptors (Lipinski definition) is 7. The van der Waals surface area contributed by atoms with Crippen LogP contribution in [0.1, 0.15) is 90.9 Å². The highest BCUT2D eigenvalue weighted by Gasteiger charge is 2.19. The zero-order chi connectivity index (χ0) is 21.8. The third kappa shape index (κ3) is 23.2. The highest BCUT2D eigenvalue weighted by Crippen LogP contribution is 2.43. The lowest BCUT2D eigenvalue weighted by Crippen LogP contribution is -2.00. The molecule has 0 aliphatic rings. The molecule has 0 bridgehead atoms. The second-order valence-electron chi connectivity index (χ2n) is 7.06. The zero-order valence-electron chi connectivity index (χ0n) is 18.1. The Hall–Kier alpha value is -0.950. The Balaban J connectivity index is 3.37. The molecule has 0 saturated carbocycles. The van der Waals surface area contributed by atoms with Gasteiger partial charge in [-0.3, -0.25) is 18.6 Å². The van der Waals surface area contributed by atoms with Crippen LogP contribution in [0.5, 0.6) is 0 Å². The van der Waals surface area contributed by atoms with Gasteiger partial charge in [-0.05, 0) is 25.7 Å². The molecule has 0 rings (SSSR count). The van der Waals surface area contributed by atoms with Crippen LogP contribution in [0.4, 0.5) is 0 Å². The number of hydrogen-bond donors (Lipinski definition) is 1. The zero-order valence-corrected chi connectivity index (χ0v) is 19.0. The molecule has 0 fully saturated rings. The predicted molar refractivity (Wildman–Crippen MR) is 110 cm³/mol. The Bertz CT molecular complexity index is 431. The minimum atomic E-state index is -3.95. The van der Waals surface area contributed by atoms with Crippen LogP contribution in [0.15, 0.2) is 0 Å². The second-order valence-corrected chi connectivity index (χ2v) is 8.51. The van der Waals surface area contributed by atoms with Crippen molar-refractivity contribution in [1.29, 1.82) is 0 Å². The van der Waals surface area contributed by atoms with Crippen molar-refractivity contribution in [2.24, 2.45) is 0 Å². The number of unbranched alkanes of at least 4 members (excludes halogenated alkanes) is 10. The SMILES string of the molecule is CC(=O)OCCCCCCCCOP(=O)(O)OCCCCCCCCOC(C)=O. The number of ether oxygens (including phenoxy) is 2. The van der Waals surface area contributed by atoms with Crippen LogP contribution in [0.3, 0.4) is 0 Å². The quantitative estimate of drug-likeness (QED) is 0.162. The van der Waals surface area contributed by atoms with Gasteiger partial charge in [0.15, 0.2) is 0 Å². The molecule has 1 N–H and O–H groups in total. The normalized spacial score (nSPS) is 11.4. The number of carbonyl (C=O) groups is 2. The second kappa shape index (κ2) is 19.0. The van der Waals surface area contributed by atoms with Gasteiger partial charge in [-0.2, -0.15) is 0 Å². The van der Waals surface area contributed by atoms with Crippen LogP contribution in [0.2, 0.25) is 0 Å². The average molecular weight is 438 g/mol. The first-order chi connectivity index (χ1) is 13.8. The van der Waals surface area contributed by atoms with E-state index < -0.39 is 7.82 Å². The molecule has 0 aliphatic carbocycles. The van der Waals surface area contributed by atoms with Crippen LogP contribution < -0.4 is 0 Å².